The fourth-order valence-electron chi connectivity index (χ4n) is 3.63. The molecule has 0 bridgehead atoms. The summed E-state index contributed by atoms with van der Waals surface area (Å²) in [6, 6.07) is 0.141. The van der Waals surface area contributed by atoms with Crippen LogP contribution in [0, 0.1) is 17.8 Å². The average Bonchev–Trinajstić information content (AvgIpc) is 3.04. The highest BCUT2D eigenvalue weighted by molar-refractivity contribution is 5.85. The molecule has 20 heavy (non-hydrogen) atoms. The Hall–Kier alpha value is -1.10. The van der Waals surface area contributed by atoms with E-state index in [1.165, 1.54) is 0 Å². The monoisotopic (exact) mass is 283 g/mol. The number of ether oxygens (including phenoxy) is 1. The molecule has 2 fully saturated rings. The second-order valence-electron chi connectivity index (χ2n) is 6.17. The highest BCUT2D eigenvalue weighted by Crippen LogP contribution is 2.38. The van der Waals surface area contributed by atoms with Crippen LogP contribution in [0.4, 0.5) is 0 Å². The quantitative estimate of drug-likeness (QED) is 0.807. The molecule has 2 saturated carbocycles. The topological polar surface area (TPSA) is 75.6 Å². The Kier molecular flexibility index (Phi) is 5.02. The van der Waals surface area contributed by atoms with E-state index < -0.39 is 11.9 Å². The Bertz CT molecular complexity index is 371. The van der Waals surface area contributed by atoms with E-state index in [0.29, 0.717) is 18.8 Å². The van der Waals surface area contributed by atoms with Gasteiger partial charge in [0.25, 0.3) is 0 Å². The van der Waals surface area contributed by atoms with Gasteiger partial charge in [-0.2, -0.15) is 0 Å². The third-order valence-corrected chi connectivity index (χ3v) is 4.96. The molecule has 5 unspecified atom stereocenters. The number of methoxy groups -OCH3 is 1. The lowest BCUT2D eigenvalue weighted by Crippen LogP contribution is -2.40. The van der Waals surface area contributed by atoms with Gasteiger partial charge in [0, 0.05) is 13.2 Å². The second kappa shape index (κ2) is 6.57. The molecule has 2 aliphatic rings. The molecule has 5 heteroatoms. The van der Waals surface area contributed by atoms with Gasteiger partial charge < -0.3 is 15.2 Å². The summed E-state index contributed by atoms with van der Waals surface area (Å²) < 4.78 is 5.30. The molecule has 2 aliphatic carbocycles. The molecule has 2 N–H and O–H groups in total. The molecule has 0 saturated heterocycles. The molecule has 0 aromatic carbocycles. The second-order valence-corrected chi connectivity index (χ2v) is 6.17. The molecule has 2 rings (SSSR count). The van der Waals surface area contributed by atoms with Gasteiger partial charge in [0.1, 0.15) is 0 Å². The number of carboxylic acids is 1. The lowest BCUT2D eigenvalue weighted by Gasteiger charge is -2.19. The summed E-state index contributed by atoms with van der Waals surface area (Å²) in [7, 11) is 1.69. The number of carbonyl (C=O) groups is 2. The number of amides is 1. The third-order valence-electron chi connectivity index (χ3n) is 4.96. The molecule has 0 aliphatic heterocycles. The van der Waals surface area contributed by atoms with Crippen molar-refractivity contribution < 1.29 is 19.4 Å². The van der Waals surface area contributed by atoms with E-state index in [1.807, 2.05) is 0 Å². The first kappa shape index (κ1) is 15.3. The first-order chi connectivity index (χ1) is 9.55. The molecule has 114 valence electrons. The predicted octanol–water partition coefficient (Wildman–Crippen LogP) is 1.81. The molecule has 1 amide bonds. The van der Waals surface area contributed by atoms with Crippen molar-refractivity contribution in [3.8, 4) is 0 Å². The maximum absolute atomic E-state index is 12.4. The summed E-state index contributed by atoms with van der Waals surface area (Å²) in [5.41, 5.74) is 0. The number of rotatable bonds is 5. The molecule has 0 radical (unpaired) electrons. The molecule has 0 aromatic rings. The smallest absolute Gasteiger partial charge is 0.307 e. The van der Waals surface area contributed by atoms with Crippen LogP contribution in [0.3, 0.4) is 0 Å². The van der Waals surface area contributed by atoms with Crippen molar-refractivity contribution >= 4 is 11.9 Å². The Labute approximate surface area is 120 Å². The molecule has 0 aromatic heterocycles. The molecular weight excluding hydrogens is 258 g/mol. The number of carbonyl (C=O) groups excluding carboxylic acids is 1. The van der Waals surface area contributed by atoms with Crippen molar-refractivity contribution in [2.45, 2.75) is 57.6 Å². The summed E-state index contributed by atoms with van der Waals surface area (Å²) in [6.45, 7) is 2.06. The summed E-state index contributed by atoms with van der Waals surface area (Å²) in [5, 5.41) is 12.3. The van der Waals surface area contributed by atoms with E-state index in [-0.39, 0.29) is 24.0 Å². The first-order valence-corrected chi connectivity index (χ1v) is 7.61. The van der Waals surface area contributed by atoms with E-state index in [0.717, 1.165) is 25.7 Å². The Morgan fingerprint density at radius 2 is 1.90 bits per heavy atom. The van der Waals surface area contributed by atoms with Gasteiger partial charge in [-0.3, -0.25) is 9.59 Å². The van der Waals surface area contributed by atoms with Gasteiger partial charge in [-0.1, -0.05) is 13.3 Å². The Balaban J connectivity index is 1.92. The largest absolute Gasteiger partial charge is 0.481 e. The van der Waals surface area contributed by atoms with E-state index in [4.69, 9.17) is 4.74 Å². The average molecular weight is 283 g/mol. The predicted molar refractivity (Wildman–Crippen MR) is 74.2 cm³/mol. The maximum Gasteiger partial charge on any atom is 0.307 e. The van der Waals surface area contributed by atoms with E-state index in [1.54, 1.807) is 7.11 Å². The van der Waals surface area contributed by atoms with Crippen LogP contribution in [0.5, 0.6) is 0 Å². The molecule has 5 nitrogen and oxygen atoms in total. The highest BCUT2D eigenvalue weighted by Gasteiger charge is 2.42. The van der Waals surface area contributed by atoms with Crippen LogP contribution in [0.25, 0.3) is 0 Å². The van der Waals surface area contributed by atoms with Gasteiger partial charge in [0.15, 0.2) is 0 Å². The van der Waals surface area contributed by atoms with Gasteiger partial charge >= 0.3 is 5.97 Å². The zero-order chi connectivity index (χ0) is 14.7. The van der Waals surface area contributed by atoms with Crippen LogP contribution in [-0.4, -0.2) is 36.2 Å². The normalized spacial score (nSPS) is 37.0. The van der Waals surface area contributed by atoms with Crippen LogP contribution >= 0.6 is 0 Å². The van der Waals surface area contributed by atoms with Gasteiger partial charge in [-0.05, 0) is 38.0 Å². The highest BCUT2D eigenvalue weighted by atomic mass is 16.5. The number of nitrogens with one attached hydrogen (secondary N) is 1. The molecule has 0 heterocycles. The van der Waals surface area contributed by atoms with Crippen molar-refractivity contribution in [2.75, 3.05) is 7.11 Å². The first-order valence-electron chi connectivity index (χ1n) is 7.61. The van der Waals surface area contributed by atoms with Crippen molar-refractivity contribution in [3.63, 3.8) is 0 Å². The Morgan fingerprint density at radius 1 is 1.20 bits per heavy atom. The van der Waals surface area contributed by atoms with Crippen molar-refractivity contribution in [1.82, 2.24) is 5.32 Å². The zero-order valence-corrected chi connectivity index (χ0v) is 12.3. The van der Waals surface area contributed by atoms with Crippen molar-refractivity contribution in [1.29, 1.82) is 0 Å². The minimum absolute atomic E-state index is 0.0740. The summed E-state index contributed by atoms with van der Waals surface area (Å²) in [4.78, 5) is 23.7. The molecule has 0 spiro atoms. The van der Waals surface area contributed by atoms with E-state index in [9.17, 15) is 14.7 Å². The number of carboxylic acid groups (broad SMARTS) is 1. The van der Waals surface area contributed by atoms with E-state index >= 15 is 0 Å². The fourth-order valence-corrected chi connectivity index (χ4v) is 3.63. The van der Waals surface area contributed by atoms with Crippen molar-refractivity contribution in [2.24, 2.45) is 17.8 Å². The minimum Gasteiger partial charge on any atom is -0.481 e. The molecular formula is C15H25NO4. The van der Waals surface area contributed by atoms with Gasteiger partial charge in [0.05, 0.1) is 17.9 Å². The summed E-state index contributed by atoms with van der Waals surface area (Å²) in [6.07, 6.45) is 5.24. The van der Waals surface area contributed by atoms with Crippen LogP contribution in [-0.2, 0) is 14.3 Å². The minimum atomic E-state index is -0.831. The third kappa shape index (κ3) is 3.32. The Morgan fingerprint density at radius 3 is 2.45 bits per heavy atom. The number of aliphatic carboxylic acids is 1. The number of hydrogen-bond donors (Lipinski definition) is 2. The lowest BCUT2D eigenvalue weighted by molar-refractivity contribution is -0.146. The lowest BCUT2D eigenvalue weighted by atomic mass is 9.95. The van der Waals surface area contributed by atoms with Crippen molar-refractivity contribution in [3.05, 3.63) is 0 Å². The van der Waals surface area contributed by atoms with Crippen LogP contribution in [0.15, 0.2) is 0 Å². The van der Waals surface area contributed by atoms with Gasteiger partial charge in [0.2, 0.25) is 5.91 Å². The molecule has 5 atom stereocenters. The van der Waals surface area contributed by atoms with Gasteiger partial charge in [-0.15, -0.1) is 0 Å². The summed E-state index contributed by atoms with van der Waals surface area (Å²) >= 11 is 0. The van der Waals surface area contributed by atoms with Crippen LogP contribution < -0.4 is 5.32 Å². The fraction of sp³-hybridized carbons (Fsp3) is 0.867. The van der Waals surface area contributed by atoms with Crippen LogP contribution in [0.1, 0.15) is 45.4 Å². The van der Waals surface area contributed by atoms with E-state index in [2.05, 4.69) is 12.2 Å². The maximum atomic E-state index is 12.4. The summed E-state index contributed by atoms with van der Waals surface area (Å²) in [5.74, 6) is -1.42. The van der Waals surface area contributed by atoms with Crippen LogP contribution in [0.2, 0.25) is 0 Å². The number of hydrogen-bond acceptors (Lipinski definition) is 3. The standard InChI is InChI=1S/C15H25NO4/c1-3-9-6-12(13(7-9)15(18)19)14(17)16-10-4-5-11(8-10)20-2/h9-13H,3-8H2,1-2H3,(H,16,17)(H,18,19). The SMILES string of the molecule is CCC1CC(C(=O)O)C(C(=O)NC2CCC(OC)C2)C1. The zero-order valence-electron chi connectivity index (χ0n) is 12.3. The van der Waals surface area contributed by atoms with Gasteiger partial charge in [-0.25, -0.2) is 0 Å².